The zero-order valence-corrected chi connectivity index (χ0v) is 9.14. The van der Waals surface area contributed by atoms with Crippen LogP contribution >= 0.6 is 0 Å². The number of carbonyl (C=O) groups is 1. The van der Waals surface area contributed by atoms with Crippen LogP contribution in [0.1, 0.15) is 22.3 Å². The normalized spacial score (nSPS) is 10.8. The summed E-state index contributed by atoms with van der Waals surface area (Å²) in [4.78, 5) is 11.4. The lowest BCUT2D eigenvalue weighted by atomic mass is 10.1. The highest BCUT2D eigenvalue weighted by atomic mass is 19.4. The number of halogens is 4. The first kappa shape index (κ1) is 14.0. The van der Waals surface area contributed by atoms with Crippen molar-refractivity contribution in [1.29, 1.82) is 0 Å². The van der Waals surface area contributed by atoms with E-state index < -0.39 is 29.0 Å². The second-order valence-electron chi connectivity index (χ2n) is 3.37. The molecular formula is C12H9F4NO. The van der Waals surface area contributed by atoms with Crippen molar-refractivity contribution in [3.8, 4) is 12.3 Å². The fraction of sp³-hybridized carbons (Fsp3) is 0.250. The molecule has 1 rings (SSSR count). The molecule has 96 valence electrons. The number of amides is 1. The predicted molar refractivity (Wildman–Crippen MR) is 57.2 cm³/mol. The van der Waals surface area contributed by atoms with Crippen LogP contribution in [-0.2, 0) is 6.18 Å². The van der Waals surface area contributed by atoms with Gasteiger partial charge in [0.05, 0.1) is 11.1 Å². The van der Waals surface area contributed by atoms with Crippen LogP contribution in [0.2, 0.25) is 0 Å². The third-order valence-electron chi connectivity index (χ3n) is 2.10. The van der Waals surface area contributed by atoms with Crippen LogP contribution in [0.4, 0.5) is 17.6 Å². The average molecular weight is 259 g/mol. The number of terminal acetylenes is 1. The van der Waals surface area contributed by atoms with Crippen molar-refractivity contribution in [3.05, 3.63) is 35.1 Å². The Morgan fingerprint density at radius 1 is 1.39 bits per heavy atom. The Bertz CT molecular complexity index is 488. The molecule has 0 heterocycles. The summed E-state index contributed by atoms with van der Waals surface area (Å²) < 4.78 is 50.7. The van der Waals surface area contributed by atoms with Gasteiger partial charge in [0.1, 0.15) is 5.82 Å². The Balaban J connectivity index is 2.98. The molecule has 1 aromatic rings. The molecule has 1 aromatic carbocycles. The maximum Gasteiger partial charge on any atom is 0.419 e. The first-order valence-electron chi connectivity index (χ1n) is 4.95. The lowest BCUT2D eigenvalue weighted by molar-refractivity contribution is -0.140. The standard InChI is InChI=1S/C12H9F4NO/c1-2-3-7-17-11(18)8-5-4-6-9(10(8)13)12(14,15)16/h1,4-6H,3,7H2,(H,17,18). The maximum atomic E-state index is 13.5. The van der Waals surface area contributed by atoms with E-state index in [-0.39, 0.29) is 13.0 Å². The zero-order chi connectivity index (χ0) is 13.8. The topological polar surface area (TPSA) is 29.1 Å². The molecule has 6 heteroatoms. The highest BCUT2D eigenvalue weighted by Gasteiger charge is 2.35. The van der Waals surface area contributed by atoms with E-state index >= 15 is 0 Å². The summed E-state index contributed by atoms with van der Waals surface area (Å²) in [5, 5.41) is 2.23. The summed E-state index contributed by atoms with van der Waals surface area (Å²) >= 11 is 0. The molecular weight excluding hydrogens is 250 g/mol. The Labute approximate surface area is 101 Å². The van der Waals surface area contributed by atoms with Crippen LogP contribution in [0.25, 0.3) is 0 Å². The first-order valence-corrected chi connectivity index (χ1v) is 4.95. The number of benzene rings is 1. The molecule has 0 bridgehead atoms. The lowest BCUT2D eigenvalue weighted by Crippen LogP contribution is -2.26. The maximum absolute atomic E-state index is 13.5. The minimum Gasteiger partial charge on any atom is -0.351 e. The van der Waals surface area contributed by atoms with Crippen LogP contribution in [0, 0.1) is 18.2 Å². The average Bonchev–Trinajstić information content (AvgIpc) is 2.28. The fourth-order valence-electron chi connectivity index (χ4n) is 1.27. The van der Waals surface area contributed by atoms with Crippen molar-refractivity contribution in [3.63, 3.8) is 0 Å². The summed E-state index contributed by atoms with van der Waals surface area (Å²) in [7, 11) is 0. The summed E-state index contributed by atoms with van der Waals surface area (Å²) in [6, 6.07) is 2.53. The quantitative estimate of drug-likeness (QED) is 0.504. The lowest BCUT2D eigenvalue weighted by Gasteiger charge is -2.10. The molecule has 0 spiro atoms. The van der Waals surface area contributed by atoms with E-state index in [1.807, 2.05) is 0 Å². The van der Waals surface area contributed by atoms with Gasteiger partial charge in [0.15, 0.2) is 0 Å². The van der Waals surface area contributed by atoms with Crippen molar-refractivity contribution in [2.24, 2.45) is 0 Å². The van der Waals surface area contributed by atoms with E-state index in [1.165, 1.54) is 0 Å². The molecule has 0 aromatic heterocycles. The Hall–Kier alpha value is -2.03. The summed E-state index contributed by atoms with van der Waals surface area (Å²) in [6.07, 6.45) is 0.321. The van der Waals surface area contributed by atoms with E-state index in [0.717, 1.165) is 12.1 Å². The molecule has 0 saturated carbocycles. The van der Waals surface area contributed by atoms with E-state index in [0.29, 0.717) is 6.07 Å². The van der Waals surface area contributed by atoms with Crippen molar-refractivity contribution in [2.45, 2.75) is 12.6 Å². The number of rotatable bonds is 3. The molecule has 0 aliphatic carbocycles. The van der Waals surface area contributed by atoms with Gasteiger partial charge < -0.3 is 5.32 Å². The van der Waals surface area contributed by atoms with Crippen LogP contribution < -0.4 is 5.32 Å². The summed E-state index contributed by atoms with van der Waals surface area (Å²) in [5.41, 5.74) is -2.12. The summed E-state index contributed by atoms with van der Waals surface area (Å²) in [5.74, 6) is -0.266. The van der Waals surface area contributed by atoms with Gasteiger partial charge in [-0.1, -0.05) is 6.07 Å². The number of hydrogen-bond acceptors (Lipinski definition) is 1. The van der Waals surface area contributed by atoms with Crippen LogP contribution in [-0.4, -0.2) is 12.5 Å². The van der Waals surface area contributed by atoms with Crippen molar-refractivity contribution in [2.75, 3.05) is 6.54 Å². The highest BCUT2D eigenvalue weighted by molar-refractivity contribution is 5.94. The highest BCUT2D eigenvalue weighted by Crippen LogP contribution is 2.32. The second kappa shape index (κ2) is 5.54. The minimum atomic E-state index is -4.83. The number of carbonyl (C=O) groups excluding carboxylic acids is 1. The van der Waals surface area contributed by atoms with Crippen LogP contribution in [0.3, 0.4) is 0 Å². The van der Waals surface area contributed by atoms with E-state index in [1.54, 1.807) is 0 Å². The molecule has 1 amide bonds. The van der Waals surface area contributed by atoms with Gasteiger partial charge in [-0.25, -0.2) is 4.39 Å². The monoisotopic (exact) mass is 259 g/mol. The second-order valence-corrected chi connectivity index (χ2v) is 3.37. The Morgan fingerprint density at radius 2 is 2.06 bits per heavy atom. The molecule has 0 aliphatic rings. The fourth-order valence-corrected chi connectivity index (χ4v) is 1.27. The molecule has 2 nitrogen and oxygen atoms in total. The van der Waals surface area contributed by atoms with Gasteiger partial charge in [-0.05, 0) is 12.1 Å². The van der Waals surface area contributed by atoms with Gasteiger partial charge in [-0.15, -0.1) is 12.3 Å². The largest absolute Gasteiger partial charge is 0.419 e. The first-order chi connectivity index (χ1) is 8.38. The molecule has 0 radical (unpaired) electrons. The van der Waals surface area contributed by atoms with E-state index in [9.17, 15) is 22.4 Å². The Kier molecular flexibility index (Phi) is 4.32. The van der Waals surface area contributed by atoms with Crippen molar-refractivity contribution >= 4 is 5.91 Å². The van der Waals surface area contributed by atoms with Crippen LogP contribution in [0.15, 0.2) is 18.2 Å². The third-order valence-corrected chi connectivity index (χ3v) is 2.10. The Morgan fingerprint density at radius 3 is 2.61 bits per heavy atom. The molecule has 0 atom stereocenters. The molecule has 1 N–H and O–H groups in total. The van der Waals surface area contributed by atoms with Gasteiger partial charge in [-0.2, -0.15) is 13.2 Å². The van der Waals surface area contributed by atoms with Gasteiger partial charge in [0, 0.05) is 13.0 Å². The molecule has 0 unspecified atom stereocenters. The van der Waals surface area contributed by atoms with Gasteiger partial charge in [0.25, 0.3) is 5.91 Å². The van der Waals surface area contributed by atoms with Gasteiger partial charge in [-0.3, -0.25) is 4.79 Å². The number of alkyl halides is 3. The molecule has 0 fully saturated rings. The predicted octanol–water partition coefficient (Wildman–Crippen LogP) is 2.60. The van der Waals surface area contributed by atoms with Crippen molar-refractivity contribution < 1.29 is 22.4 Å². The smallest absolute Gasteiger partial charge is 0.351 e. The molecule has 0 aliphatic heterocycles. The van der Waals surface area contributed by atoms with Crippen molar-refractivity contribution in [1.82, 2.24) is 5.32 Å². The third kappa shape index (κ3) is 3.23. The molecule has 0 saturated heterocycles. The zero-order valence-electron chi connectivity index (χ0n) is 9.14. The van der Waals surface area contributed by atoms with E-state index in [4.69, 9.17) is 6.42 Å². The summed E-state index contributed by atoms with van der Waals surface area (Å²) in [6.45, 7) is 0.0744. The minimum absolute atomic E-state index is 0.0744. The number of hydrogen-bond donors (Lipinski definition) is 1. The van der Waals surface area contributed by atoms with Gasteiger partial charge in [0.2, 0.25) is 0 Å². The van der Waals surface area contributed by atoms with E-state index in [2.05, 4.69) is 11.2 Å². The number of nitrogens with one attached hydrogen (secondary N) is 1. The molecule has 18 heavy (non-hydrogen) atoms. The van der Waals surface area contributed by atoms with Crippen LogP contribution in [0.5, 0.6) is 0 Å². The SMILES string of the molecule is C#CCCNC(=O)c1cccc(C(F)(F)F)c1F. The van der Waals surface area contributed by atoms with Gasteiger partial charge >= 0.3 is 6.18 Å².